The lowest BCUT2D eigenvalue weighted by Gasteiger charge is -2.10. The molecule has 0 unspecified atom stereocenters. The highest BCUT2D eigenvalue weighted by molar-refractivity contribution is 5.85. The second-order valence-corrected chi connectivity index (χ2v) is 6.26. The molecule has 8 nitrogen and oxygen atoms in total. The van der Waals surface area contributed by atoms with Crippen LogP contribution in [0.5, 0.6) is 5.75 Å². The van der Waals surface area contributed by atoms with E-state index in [4.69, 9.17) is 4.74 Å². The number of ether oxygens (including phenoxy) is 1. The molecule has 4 aromatic heterocycles. The molecule has 0 atom stereocenters. The number of carbonyl (C=O) groups is 1. The van der Waals surface area contributed by atoms with Gasteiger partial charge in [-0.05, 0) is 37.1 Å². The maximum Gasteiger partial charge on any atom is 0.432 e. The third kappa shape index (κ3) is 3.75. The summed E-state index contributed by atoms with van der Waals surface area (Å²) >= 11 is 0. The standard InChI is InChI=1S/C20H17FN6O2/c1-3-13-11-27(19-15(13)8-14(21)9-24-19)26-20(28)29-17-10-23-18(25-12(17)2)16-6-4-5-7-22-16/h4-11H,3H2,1-2H3,(H,26,28). The van der Waals surface area contributed by atoms with Crippen molar-refractivity contribution >= 4 is 17.1 Å². The highest BCUT2D eigenvalue weighted by Gasteiger charge is 2.15. The molecule has 146 valence electrons. The molecule has 4 aromatic rings. The van der Waals surface area contributed by atoms with E-state index < -0.39 is 11.9 Å². The second kappa shape index (κ2) is 7.63. The van der Waals surface area contributed by atoms with E-state index in [1.165, 1.54) is 16.9 Å². The van der Waals surface area contributed by atoms with Gasteiger partial charge in [0.05, 0.1) is 18.1 Å². The van der Waals surface area contributed by atoms with Gasteiger partial charge >= 0.3 is 6.09 Å². The summed E-state index contributed by atoms with van der Waals surface area (Å²) in [4.78, 5) is 29.2. The molecule has 4 heterocycles. The number of rotatable bonds is 4. The first-order valence-corrected chi connectivity index (χ1v) is 8.94. The number of nitrogens with one attached hydrogen (secondary N) is 1. The highest BCUT2D eigenvalue weighted by atomic mass is 19.1. The van der Waals surface area contributed by atoms with Gasteiger partial charge in [-0.1, -0.05) is 13.0 Å². The Morgan fingerprint density at radius 1 is 1.24 bits per heavy atom. The zero-order valence-electron chi connectivity index (χ0n) is 15.8. The van der Waals surface area contributed by atoms with E-state index in [9.17, 15) is 9.18 Å². The van der Waals surface area contributed by atoms with Crippen molar-refractivity contribution in [3.63, 3.8) is 0 Å². The molecule has 4 rings (SSSR count). The zero-order chi connectivity index (χ0) is 20.4. The fourth-order valence-corrected chi connectivity index (χ4v) is 2.91. The van der Waals surface area contributed by atoms with Crippen LogP contribution in [0, 0.1) is 12.7 Å². The molecule has 0 radical (unpaired) electrons. The Bertz CT molecular complexity index is 1190. The summed E-state index contributed by atoms with van der Waals surface area (Å²) < 4.78 is 20.3. The molecular formula is C20H17FN6O2. The molecule has 0 aliphatic heterocycles. The third-order valence-electron chi connectivity index (χ3n) is 4.32. The van der Waals surface area contributed by atoms with Crippen LogP contribution in [0.3, 0.4) is 0 Å². The van der Waals surface area contributed by atoms with Crippen molar-refractivity contribution in [2.24, 2.45) is 0 Å². The number of carbonyl (C=O) groups excluding carboxylic acids is 1. The predicted octanol–water partition coefficient (Wildman–Crippen LogP) is 3.64. The van der Waals surface area contributed by atoms with Gasteiger partial charge < -0.3 is 4.74 Å². The Morgan fingerprint density at radius 2 is 2.10 bits per heavy atom. The van der Waals surface area contributed by atoms with Gasteiger partial charge in [-0.2, -0.15) is 0 Å². The molecule has 29 heavy (non-hydrogen) atoms. The van der Waals surface area contributed by atoms with Crippen LogP contribution in [0.15, 0.2) is 49.1 Å². The summed E-state index contributed by atoms with van der Waals surface area (Å²) in [6.07, 6.45) is 5.77. The highest BCUT2D eigenvalue weighted by Crippen LogP contribution is 2.21. The Hall–Kier alpha value is -3.88. The monoisotopic (exact) mass is 392 g/mol. The molecule has 0 aliphatic rings. The van der Waals surface area contributed by atoms with Gasteiger partial charge in [-0.25, -0.2) is 34.2 Å². The summed E-state index contributed by atoms with van der Waals surface area (Å²) in [6, 6.07) is 6.82. The average Bonchev–Trinajstić information content (AvgIpc) is 3.06. The summed E-state index contributed by atoms with van der Waals surface area (Å²) in [7, 11) is 0. The lowest BCUT2D eigenvalue weighted by molar-refractivity contribution is 0.211. The first kappa shape index (κ1) is 18.5. The van der Waals surface area contributed by atoms with Gasteiger partial charge in [-0.3, -0.25) is 4.98 Å². The van der Waals surface area contributed by atoms with Crippen LogP contribution in [-0.2, 0) is 6.42 Å². The Labute approximate surface area is 165 Å². The molecule has 1 N–H and O–H groups in total. The first-order chi connectivity index (χ1) is 14.0. The van der Waals surface area contributed by atoms with Crippen molar-refractivity contribution in [2.45, 2.75) is 20.3 Å². The number of pyridine rings is 2. The van der Waals surface area contributed by atoms with E-state index in [0.29, 0.717) is 34.7 Å². The van der Waals surface area contributed by atoms with Crippen molar-refractivity contribution in [3.8, 4) is 17.3 Å². The molecule has 0 saturated heterocycles. The van der Waals surface area contributed by atoms with Crippen LogP contribution in [0.2, 0.25) is 0 Å². The van der Waals surface area contributed by atoms with Crippen LogP contribution < -0.4 is 10.2 Å². The van der Waals surface area contributed by atoms with Crippen molar-refractivity contribution in [3.05, 3.63) is 66.1 Å². The molecule has 0 bridgehead atoms. The van der Waals surface area contributed by atoms with Gasteiger partial charge in [0.25, 0.3) is 0 Å². The molecule has 0 saturated carbocycles. The van der Waals surface area contributed by atoms with Crippen LogP contribution in [0.25, 0.3) is 22.6 Å². The number of aromatic nitrogens is 5. The van der Waals surface area contributed by atoms with E-state index >= 15 is 0 Å². The summed E-state index contributed by atoms with van der Waals surface area (Å²) in [5.74, 6) is 0.215. The minimum atomic E-state index is -0.743. The number of hydrogen-bond donors (Lipinski definition) is 1. The number of aryl methyl sites for hydroxylation is 2. The Kier molecular flexibility index (Phi) is 4.86. The van der Waals surface area contributed by atoms with E-state index in [0.717, 1.165) is 11.8 Å². The fraction of sp³-hybridized carbons (Fsp3) is 0.150. The normalized spacial score (nSPS) is 10.9. The molecule has 0 fully saturated rings. The number of halogens is 1. The summed E-state index contributed by atoms with van der Waals surface area (Å²) in [5, 5.41) is 0.632. The number of fused-ring (bicyclic) bond motifs is 1. The Balaban J connectivity index is 1.54. The van der Waals surface area contributed by atoms with Crippen LogP contribution in [0.4, 0.5) is 9.18 Å². The van der Waals surface area contributed by atoms with Crippen LogP contribution in [0.1, 0.15) is 18.2 Å². The third-order valence-corrected chi connectivity index (χ3v) is 4.32. The van der Waals surface area contributed by atoms with Crippen molar-refractivity contribution in [1.29, 1.82) is 0 Å². The lowest BCUT2D eigenvalue weighted by Crippen LogP contribution is -2.26. The van der Waals surface area contributed by atoms with Crippen molar-refractivity contribution in [1.82, 2.24) is 24.6 Å². The quantitative estimate of drug-likeness (QED) is 0.570. The van der Waals surface area contributed by atoms with Crippen molar-refractivity contribution in [2.75, 3.05) is 5.43 Å². The van der Waals surface area contributed by atoms with Crippen molar-refractivity contribution < 1.29 is 13.9 Å². The number of amides is 1. The molecule has 0 aliphatic carbocycles. The van der Waals surface area contributed by atoms with Gasteiger partial charge in [0.2, 0.25) is 0 Å². The van der Waals surface area contributed by atoms with E-state index in [-0.39, 0.29) is 5.75 Å². The smallest absolute Gasteiger partial charge is 0.406 e. The minimum absolute atomic E-state index is 0.216. The summed E-state index contributed by atoms with van der Waals surface area (Å²) in [6.45, 7) is 3.65. The maximum absolute atomic E-state index is 13.5. The molecular weight excluding hydrogens is 375 g/mol. The van der Waals surface area contributed by atoms with Gasteiger partial charge in [0.15, 0.2) is 17.2 Å². The minimum Gasteiger partial charge on any atom is -0.406 e. The van der Waals surface area contributed by atoms with E-state index in [1.807, 2.05) is 13.0 Å². The number of nitrogens with zero attached hydrogens (tertiary/aromatic N) is 5. The predicted molar refractivity (Wildman–Crippen MR) is 104 cm³/mol. The largest absolute Gasteiger partial charge is 0.432 e. The van der Waals surface area contributed by atoms with Gasteiger partial charge in [0, 0.05) is 17.8 Å². The topological polar surface area (TPSA) is 94.8 Å². The molecule has 0 spiro atoms. The molecule has 1 amide bonds. The van der Waals surface area contributed by atoms with Gasteiger partial charge in [0.1, 0.15) is 11.5 Å². The molecule has 0 aromatic carbocycles. The SMILES string of the molecule is CCc1cn(NC(=O)Oc2cnc(-c3ccccn3)nc2C)c2ncc(F)cc12. The van der Waals surface area contributed by atoms with Crippen LogP contribution >= 0.6 is 0 Å². The van der Waals surface area contributed by atoms with Crippen LogP contribution in [-0.4, -0.2) is 30.7 Å². The fourth-order valence-electron chi connectivity index (χ4n) is 2.91. The van der Waals surface area contributed by atoms with E-state index in [2.05, 4.69) is 25.4 Å². The first-order valence-electron chi connectivity index (χ1n) is 8.94. The average molecular weight is 392 g/mol. The maximum atomic E-state index is 13.5. The summed E-state index contributed by atoms with van der Waals surface area (Å²) in [5.41, 5.74) is 4.98. The molecule has 9 heteroatoms. The number of hydrogen-bond acceptors (Lipinski definition) is 6. The van der Waals surface area contributed by atoms with E-state index in [1.54, 1.807) is 31.5 Å². The second-order valence-electron chi connectivity index (χ2n) is 6.26. The lowest BCUT2D eigenvalue weighted by atomic mass is 10.2. The Morgan fingerprint density at radius 3 is 2.83 bits per heavy atom. The zero-order valence-corrected chi connectivity index (χ0v) is 15.8. The van der Waals surface area contributed by atoms with Gasteiger partial charge in [-0.15, -0.1) is 0 Å².